The topological polar surface area (TPSA) is 66.0 Å². The highest BCUT2D eigenvalue weighted by Gasteiger charge is 2.22. The van der Waals surface area contributed by atoms with Crippen LogP contribution < -0.4 is 24.3 Å². The van der Waals surface area contributed by atoms with Crippen molar-refractivity contribution >= 4 is 17.5 Å². The zero-order valence-corrected chi connectivity index (χ0v) is 14.3. The number of amides is 1. The lowest BCUT2D eigenvalue weighted by Gasteiger charge is -2.21. The molecule has 6 nitrogen and oxygen atoms in total. The van der Waals surface area contributed by atoms with E-state index in [1.807, 2.05) is 25.1 Å². The van der Waals surface area contributed by atoms with Crippen LogP contribution in [0.5, 0.6) is 23.0 Å². The van der Waals surface area contributed by atoms with Crippen molar-refractivity contribution in [2.45, 2.75) is 13.0 Å². The van der Waals surface area contributed by atoms with E-state index in [1.165, 1.54) is 0 Å². The van der Waals surface area contributed by atoms with Crippen LogP contribution in [0.2, 0.25) is 5.02 Å². The van der Waals surface area contributed by atoms with Gasteiger partial charge in [-0.2, -0.15) is 0 Å². The Hall–Kier alpha value is -2.60. The molecule has 0 aromatic heterocycles. The predicted octanol–water partition coefficient (Wildman–Crippen LogP) is 3.33. The number of carbonyl (C=O) groups excluding carboxylic acids is 1. The Morgan fingerprint density at radius 2 is 1.84 bits per heavy atom. The van der Waals surface area contributed by atoms with Crippen LogP contribution in [0.25, 0.3) is 0 Å². The molecule has 0 radical (unpaired) electrons. The number of hydrogen-bond donors (Lipinski definition) is 1. The molecule has 2 aliphatic rings. The third-order valence-corrected chi connectivity index (χ3v) is 4.38. The van der Waals surface area contributed by atoms with E-state index in [-0.39, 0.29) is 18.7 Å². The zero-order valence-electron chi connectivity index (χ0n) is 13.5. The van der Waals surface area contributed by atoms with E-state index in [0.29, 0.717) is 41.0 Å². The molecule has 2 aliphatic heterocycles. The van der Waals surface area contributed by atoms with Gasteiger partial charge in [0.25, 0.3) is 5.91 Å². The van der Waals surface area contributed by atoms with Crippen LogP contribution >= 0.6 is 11.6 Å². The molecule has 0 spiro atoms. The molecule has 0 bridgehead atoms. The summed E-state index contributed by atoms with van der Waals surface area (Å²) in [5.41, 5.74) is 1.34. The van der Waals surface area contributed by atoms with Crippen molar-refractivity contribution in [1.82, 2.24) is 5.32 Å². The number of nitrogens with one attached hydrogen (secondary N) is 1. The summed E-state index contributed by atoms with van der Waals surface area (Å²) in [6.07, 6.45) is 0. The first-order valence-corrected chi connectivity index (χ1v) is 8.29. The number of benzene rings is 2. The molecule has 0 saturated heterocycles. The Labute approximate surface area is 149 Å². The Kier molecular flexibility index (Phi) is 4.05. The SMILES string of the molecule is CC(NC(=O)c1cc(Cl)c2c(c1)OCO2)c1ccc2c(c1)OCCO2. The van der Waals surface area contributed by atoms with Gasteiger partial charge < -0.3 is 24.3 Å². The molecule has 4 rings (SSSR count). The monoisotopic (exact) mass is 361 g/mol. The first kappa shape index (κ1) is 15.9. The van der Waals surface area contributed by atoms with E-state index in [4.69, 9.17) is 30.5 Å². The molecular weight excluding hydrogens is 346 g/mol. The smallest absolute Gasteiger partial charge is 0.251 e. The molecule has 0 fully saturated rings. The quantitative estimate of drug-likeness (QED) is 0.908. The number of halogens is 1. The molecule has 1 unspecified atom stereocenters. The van der Waals surface area contributed by atoms with Crippen molar-refractivity contribution in [2.75, 3.05) is 20.0 Å². The van der Waals surface area contributed by atoms with Crippen molar-refractivity contribution < 1.29 is 23.7 Å². The predicted molar refractivity (Wildman–Crippen MR) is 90.9 cm³/mol. The molecule has 1 atom stereocenters. The standard InChI is InChI=1S/C18H16ClNO5/c1-10(11-2-3-14-15(7-11)23-5-4-22-14)20-18(21)12-6-13(19)17-16(8-12)24-9-25-17/h2-3,6-8,10H,4-5,9H2,1H3,(H,20,21). The fraction of sp³-hybridized carbons (Fsp3) is 0.278. The highest BCUT2D eigenvalue weighted by molar-refractivity contribution is 6.32. The number of ether oxygens (including phenoxy) is 4. The van der Waals surface area contributed by atoms with E-state index < -0.39 is 0 Å². The van der Waals surface area contributed by atoms with Gasteiger partial charge in [0.2, 0.25) is 6.79 Å². The lowest BCUT2D eigenvalue weighted by atomic mass is 10.1. The van der Waals surface area contributed by atoms with Gasteiger partial charge in [-0.1, -0.05) is 17.7 Å². The average molecular weight is 362 g/mol. The van der Waals surface area contributed by atoms with Gasteiger partial charge in [0, 0.05) is 5.56 Å². The fourth-order valence-corrected chi connectivity index (χ4v) is 3.06. The second kappa shape index (κ2) is 6.37. The summed E-state index contributed by atoms with van der Waals surface area (Å²) in [6.45, 7) is 3.07. The first-order chi connectivity index (χ1) is 12.1. The van der Waals surface area contributed by atoms with Crippen LogP contribution in [0.15, 0.2) is 30.3 Å². The van der Waals surface area contributed by atoms with Gasteiger partial charge >= 0.3 is 0 Å². The van der Waals surface area contributed by atoms with Crippen LogP contribution in [0, 0.1) is 0 Å². The lowest BCUT2D eigenvalue weighted by molar-refractivity contribution is 0.0939. The van der Waals surface area contributed by atoms with E-state index >= 15 is 0 Å². The highest BCUT2D eigenvalue weighted by Crippen LogP contribution is 2.40. The van der Waals surface area contributed by atoms with Crippen LogP contribution in [0.3, 0.4) is 0 Å². The van der Waals surface area contributed by atoms with Crippen LogP contribution in [-0.2, 0) is 0 Å². The van der Waals surface area contributed by atoms with Gasteiger partial charge in [-0.15, -0.1) is 0 Å². The number of rotatable bonds is 3. The molecule has 0 aliphatic carbocycles. The zero-order chi connectivity index (χ0) is 17.4. The maximum Gasteiger partial charge on any atom is 0.251 e. The molecule has 0 saturated carbocycles. The summed E-state index contributed by atoms with van der Waals surface area (Å²) in [5.74, 6) is 2.11. The minimum absolute atomic E-state index is 0.105. The maximum absolute atomic E-state index is 12.5. The largest absolute Gasteiger partial charge is 0.486 e. The Bertz CT molecular complexity index is 838. The molecule has 1 N–H and O–H groups in total. The Morgan fingerprint density at radius 3 is 2.68 bits per heavy atom. The minimum atomic E-state index is -0.248. The third-order valence-electron chi connectivity index (χ3n) is 4.10. The van der Waals surface area contributed by atoms with Crippen molar-refractivity contribution in [1.29, 1.82) is 0 Å². The first-order valence-electron chi connectivity index (χ1n) is 7.91. The third kappa shape index (κ3) is 3.05. The van der Waals surface area contributed by atoms with Crippen molar-refractivity contribution in [3.05, 3.63) is 46.5 Å². The minimum Gasteiger partial charge on any atom is -0.486 e. The van der Waals surface area contributed by atoms with Gasteiger partial charge in [-0.05, 0) is 36.8 Å². The van der Waals surface area contributed by atoms with Crippen molar-refractivity contribution in [3.8, 4) is 23.0 Å². The van der Waals surface area contributed by atoms with Gasteiger partial charge in [0.15, 0.2) is 23.0 Å². The summed E-state index contributed by atoms with van der Waals surface area (Å²) in [5, 5.41) is 3.30. The summed E-state index contributed by atoms with van der Waals surface area (Å²) >= 11 is 6.14. The van der Waals surface area contributed by atoms with E-state index in [9.17, 15) is 4.79 Å². The number of carbonyl (C=O) groups is 1. The molecule has 7 heteroatoms. The molecule has 1 amide bonds. The molecule has 130 valence electrons. The second-order valence-corrected chi connectivity index (χ2v) is 6.20. The maximum atomic E-state index is 12.5. The summed E-state index contributed by atoms with van der Waals surface area (Å²) in [7, 11) is 0. The number of fused-ring (bicyclic) bond motifs is 2. The molecule has 2 aromatic rings. The Morgan fingerprint density at radius 1 is 1.04 bits per heavy atom. The van der Waals surface area contributed by atoms with Gasteiger partial charge in [-0.25, -0.2) is 0 Å². The van der Waals surface area contributed by atoms with E-state index in [0.717, 1.165) is 11.3 Å². The van der Waals surface area contributed by atoms with E-state index in [2.05, 4.69) is 5.32 Å². The highest BCUT2D eigenvalue weighted by atomic mass is 35.5. The van der Waals surface area contributed by atoms with Crippen molar-refractivity contribution in [2.24, 2.45) is 0 Å². The molecular formula is C18H16ClNO5. The summed E-state index contributed by atoms with van der Waals surface area (Å²) in [6, 6.07) is 8.62. The van der Waals surface area contributed by atoms with E-state index in [1.54, 1.807) is 12.1 Å². The summed E-state index contributed by atoms with van der Waals surface area (Å²) < 4.78 is 21.7. The van der Waals surface area contributed by atoms with Gasteiger partial charge in [0.05, 0.1) is 11.1 Å². The second-order valence-electron chi connectivity index (χ2n) is 5.79. The summed E-state index contributed by atoms with van der Waals surface area (Å²) in [4.78, 5) is 12.5. The Balaban J connectivity index is 1.52. The average Bonchev–Trinajstić information content (AvgIpc) is 3.10. The fourth-order valence-electron chi connectivity index (χ4n) is 2.79. The van der Waals surface area contributed by atoms with Gasteiger partial charge in [0.1, 0.15) is 13.2 Å². The number of hydrogen-bond acceptors (Lipinski definition) is 5. The molecule has 2 aromatic carbocycles. The van der Waals surface area contributed by atoms with Crippen LogP contribution in [-0.4, -0.2) is 25.9 Å². The molecule has 2 heterocycles. The van der Waals surface area contributed by atoms with Crippen LogP contribution in [0.4, 0.5) is 0 Å². The van der Waals surface area contributed by atoms with Crippen LogP contribution in [0.1, 0.15) is 28.9 Å². The lowest BCUT2D eigenvalue weighted by Crippen LogP contribution is -2.26. The van der Waals surface area contributed by atoms with Crippen molar-refractivity contribution in [3.63, 3.8) is 0 Å². The normalized spacial score (nSPS) is 15.6. The van der Waals surface area contributed by atoms with Gasteiger partial charge in [-0.3, -0.25) is 4.79 Å². The molecule has 25 heavy (non-hydrogen) atoms.